The van der Waals surface area contributed by atoms with E-state index in [1.165, 1.54) is 0 Å². The number of carbonyl (C=O) groups excluding carboxylic acids is 1. The Balaban J connectivity index is 0.00000420. The number of nitrogens with one attached hydrogen (secondary N) is 2. The van der Waals surface area contributed by atoms with Crippen LogP contribution in [0, 0.1) is 0 Å². The minimum Gasteiger partial charge on any atom is -0.357 e. The highest BCUT2D eigenvalue weighted by molar-refractivity contribution is 14.0. The van der Waals surface area contributed by atoms with Gasteiger partial charge in [0.05, 0.1) is 6.54 Å². The lowest BCUT2D eigenvalue weighted by atomic mass is 10.1. The molecular weight excluding hydrogens is 522 g/mol. The van der Waals surface area contributed by atoms with Gasteiger partial charge in [-0.3, -0.25) is 4.79 Å². The first-order valence-electron chi connectivity index (χ1n) is 9.18. The van der Waals surface area contributed by atoms with Crippen LogP contribution in [0.5, 0.6) is 0 Å². The fourth-order valence-electron chi connectivity index (χ4n) is 2.60. The fourth-order valence-corrected chi connectivity index (χ4v) is 3.19. The minimum absolute atomic E-state index is 0. The topological polar surface area (TPSA) is 56.7 Å². The summed E-state index contributed by atoms with van der Waals surface area (Å²) in [5, 5.41) is 7.86. The van der Waals surface area contributed by atoms with Gasteiger partial charge in [0.1, 0.15) is 0 Å². The van der Waals surface area contributed by atoms with E-state index in [1.54, 1.807) is 19.0 Å². The van der Waals surface area contributed by atoms with Crippen LogP contribution in [0.25, 0.3) is 0 Å². The van der Waals surface area contributed by atoms with Gasteiger partial charge in [0.25, 0.3) is 5.91 Å². The highest BCUT2D eigenvalue weighted by Gasteiger charge is 2.08. The molecule has 0 atom stereocenters. The number of carbonyl (C=O) groups is 1. The van der Waals surface area contributed by atoms with Crippen LogP contribution in [0.2, 0.25) is 10.0 Å². The van der Waals surface area contributed by atoms with E-state index in [9.17, 15) is 4.79 Å². The number of hydrogen-bond acceptors (Lipinski definition) is 2. The molecule has 5 nitrogen and oxygen atoms in total. The summed E-state index contributed by atoms with van der Waals surface area (Å²) in [7, 11) is 3.48. The molecule has 0 aliphatic heterocycles. The molecule has 0 aromatic heterocycles. The van der Waals surface area contributed by atoms with E-state index in [-0.39, 0.29) is 29.9 Å². The lowest BCUT2D eigenvalue weighted by molar-refractivity contribution is 0.0827. The first-order valence-corrected chi connectivity index (χ1v) is 9.93. The van der Waals surface area contributed by atoms with Crippen molar-refractivity contribution < 1.29 is 4.79 Å². The summed E-state index contributed by atoms with van der Waals surface area (Å²) in [6.07, 6.45) is 0.699. The summed E-state index contributed by atoms with van der Waals surface area (Å²) in [5.41, 5.74) is 2.62. The standard InChI is InChI=1S/C21H26Cl2N4O.HI/c1-4-24-21(25-13-12-17-18(22)6-5-7-19(17)23)26-14-15-8-10-16(11-9-15)20(28)27(2)3;/h5-11H,4,12-14H2,1-3H3,(H2,24,25,26);1H. The van der Waals surface area contributed by atoms with Crippen molar-refractivity contribution in [3.63, 3.8) is 0 Å². The van der Waals surface area contributed by atoms with Crippen LogP contribution in [-0.4, -0.2) is 44.0 Å². The Hall–Kier alpha value is -1.51. The normalized spacial score (nSPS) is 10.9. The molecule has 158 valence electrons. The Labute approximate surface area is 199 Å². The maximum atomic E-state index is 11.9. The molecule has 29 heavy (non-hydrogen) atoms. The first-order chi connectivity index (χ1) is 13.4. The van der Waals surface area contributed by atoms with Gasteiger partial charge in [0.2, 0.25) is 0 Å². The van der Waals surface area contributed by atoms with Crippen LogP contribution < -0.4 is 10.6 Å². The van der Waals surface area contributed by atoms with Gasteiger partial charge >= 0.3 is 0 Å². The SMILES string of the molecule is CCNC(=NCc1ccc(C(=O)N(C)C)cc1)NCCc1c(Cl)cccc1Cl.I. The third-order valence-electron chi connectivity index (χ3n) is 4.10. The number of hydrogen-bond donors (Lipinski definition) is 2. The quantitative estimate of drug-likeness (QED) is 0.302. The van der Waals surface area contributed by atoms with Crippen molar-refractivity contribution >= 4 is 59.0 Å². The van der Waals surface area contributed by atoms with E-state index in [0.717, 1.165) is 23.6 Å². The molecular formula is C21H27Cl2IN4O. The van der Waals surface area contributed by atoms with E-state index in [1.807, 2.05) is 49.4 Å². The Bertz CT molecular complexity index is 806. The first kappa shape index (κ1) is 25.5. The number of amides is 1. The number of aliphatic imine (C=N–C) groups is 1. The van der Waals surface area contributed by atoms with Crippen LogP contribution in [0.4, 0.5) is 0 Å². The molecule has 8 heteroatoms. The molecule has 0 radical (unpaired) electrons. The summed E-state index contributed by atoms with van der Waals surface area (Å²) >= 11 is 12.4. The molecule has 1 amide bonds. The number of benzene rings is 2. The predicted octanol–water partition coefficient (Wildman–Crippen LogP) is 4.61. The number of guanidine groups is 1. The highest BCUT2D eigenvalue weighted by atomic mass is 127. The van der Waals surface area contributed by atoms with Crippen molar-refractivity contribution in [3.8, 4) is 0 Å². The van der Waals surface area contributed by atoms with Crippen molar-refractivity contribution in [2.24, 2.45) is 4.99 Å². The fraction of sp³-hybridized carbons (Fsp3) is 0.333. The lowest BCUT2D eigenvalue weighted by Crippen LogP contribution is -2.38. The molecule has 0 saturated carbocycles. The van der Waals surface area contributed by atoms with Gasteiger partial charge in [0.15, 0.2) is 5.96 Å². The maximum absolute atomic E-state index is 11.9. The molecule has 0 bridgehead atoms. The van der Waals surface area contributed by atoms with Gasteiger partial charge in [-0.25, -0.2) is 4.99 Å². The van der Waals surface area contributed by atoms with Gasteiger partial charge in [0, 0.05) is 42.8 Å². The monoisotopic (exact) mass is 548 g/mol. The smallest absolute Gasteiger partial charge is 0.253 e. The number of nitrogens with zero attached hydrogens (tertiary/aromatic N) is 2. The largest absolute Gasteiger partial charge is 0.357 e. The second-order valence-corrected chi connectivity index (χ2v) is 7.28. The van der Waals surface area contributed by atoms with Crippen molar-refractivity contribution in [1.29, 1.82) is 0 Å². The Morgan fingerprint density at radius 2 is 1.66 bits per heavy atom. The van der Waals surface area contributed by atoms with Crippen LogP contribution in [0.15, 0.2) is 47.5 Å². The van der Waals surface area contributed by atoms with Crippen molar-refractivity contribution in [1.82, 2.24) is 15.5 Å². The Morgan fingerprint density at radius 1 is 1.03 bits per heavy atom. The molecule has 0 heterocycles. The van der Waals surface area contributed by atoms with Gasteiger partial charge in [-0.2, -0.15) is 0 Å². The predicted molar refractivity (Wildman–Crippen MR) is 133 cm³/mol. The zero-order chi connectivity index (χ0) is 20.5. The second-order valence-electron chi connectivity index (χ2n) is 6.47. The van der Waals surface area contributed by atoms with Gasteiger partial charge in [-0.1, -0.05) is 41.4 Å². The summed E-state index contributed by atoms with van der Waals surface area (Å²) in [6, 6.07) is 13.0. The van der Waals surface area contributed by atoms with Crippen LogP contribution >= 0.6 is 47.2 Å². The van der Waals surface area contributed by atoms with Crippen molar-refractivity contribution in [3.05, 3.63) is 69.2 Å². The van der Waals surface area contributed by atoms with Crippen LogP contribution in [0.1, 0.15) is 28.4 Å². The average molecular weight is 549 g/mol. The highest BCUT2D eigenvalue weighted by Crippen LogP contribution is 2.24. The third-order valence-corrected chi connectivity index (χ3v) is 4.81. The minimum atomic E-state index is -0.0108. The van der Waals surface area contributed by atoms with E-state index < -0.39 is 0 Å². The summed E-state index contributed by atoms with van der Waals surface area (Å²) in [6.45, 7) is 3.95. The molecule has 0 aliphatic rings. The van der Waals surface area contributed by atoms with Gasteiger partial charge in [-0.05, 0) is 48.7 Å². The molecule has 2 rings (SSSR count). The molecule has 2 aromatic rings. The lowest BCUT2D eigenvalue weighted by Gasteiger charge is -2.13. The van der Waals surface area contributed by atoms with E-state index >= 15 is 0 Å². The average Bonchev–Trinajstić information content (AvgIpc) is 2.68. The molecule has 0 fully saturated rings. The van der Waals surface area contributed by atoms with Crippen molar-refractivity contribution in [2.45, 2.75) is 19.9 Å². The molecule has 0 saturated heterocycles. The molecule has 0 spiro atoms. The third kappa shape index (κ3) is 8.03. The second kappa shape index (κ2) is 12.9. The number of halogens is 3. The zero-order valence-corrected chi connectivity index (χ0v) is 20.7. The van der Waals surface area contributed by atoms with Crippen LogP contribution in [0.3, 0.4) is 0 Å². The van der Waals surface area contributed by atoms with Gasteiger partial charge in [-0.15, -0.1) is 24.0 Å². The molecule has 0 aliphatic carbocycles. The van der Waals surface area contributed by atoms with E-state index in [2.05, 4.69) is 15.6 Å². The van der Waals surface area contributed by atoms with E-state index in [0.29, 0.717) is 35.1 Å². The zero-order valence-electron chi connectivity index (χ0n) is 16.8. The van der Waals surface area contributed by atoms with Crippen molar-refractivity contribution in [2.75, 3.05) is 27.2 Å². The van der Waals surface area contributed by atoms with Gasteiger partial charge < -0.3 is 15.5 Å². The summed E-state index contributed by atoms with van der Waals surface area (Å²) < 4.78 is 0. The summed E-state index contributed by atoms with van der Waals surface area (Å²) in [5.74, 6) is 0.711. The van der Waals surface area contributed by atoms with Crippen LogP contribution in [-0.2, 0) is 13.0 Å². The molecule has 2 N–H and O–H groups in total. The number of rotatable bonds is 7. The maximum Gasteiger partial charge on any atom is 0.253 e. The Morgan fingerprint density at radius 3 is 2.21 bits per heavy atom. The Kier molecular flexibility index (Phi) is 11.4. The summed E-state index contributed by atoms with van der Waals surface area (Å²) in [4.78, 5) is 18.1. The molecule has 2 aromatic carbocycles. The molecule has 0 unspecified atom stereocenters. The van der Waals surface area contributed by atoms with E-state index in [4.69, 9.17) is 23.2 Å².